The molecule has 0 saturated heterocycles. The highest BCUT2D eigenvalue weighted by Crippen LogP contribution is 2.42. The number of rotatable bonds is 2. The van der Waals surface area contributed by atoms with Crippen molar-refractivity contribution >= 4 is 38.5 Å². The average Bonchev–Trinajstić information content (AvgIpc) is 2.52. The first-order chi connectivity index (χ1) is 10.2. The minimum Gasteiger partial charge on any atom is -0.495 e. The topological polar surface area (TPSA) is 33.6 Å². The Morgan fingerprint density at radius 3 is 2.76 bits per heavy atom. The minimum absolute atomic E-state index is 0.478. The van der Waals surface area contributed by atoms with Crippen LogP contribution in [-0.4, -0.2) is 24.6 Å². The summed E-state index contributed by atoms with van der Waals surface area (Å²) in [7, 11) is 1.68. The summed E-state index contributed by atoms with van der Waals surface area (Å²) in [5.41, 5.74) is 1.51. The Hall–Kier alpha value is -0.680. The molecule has 1 heterocycles. The van der Waals surface area contributed by atoms with Crippen molar-refractivity contribution in [2.75, 3.05) is 24.7 Å². The van der Waals surface area contributed by atoms with Crippen LogP contribution in [0.25, 0.3) is 0 Å². The second-order valence-electron chi connectivity index (χ2n) is 5.95. The molecule has 1 saturated carbocycles. The van der Waals surface area contributed by atoms with Crippen LogP contribution in [-0.2, 0) is 0 Å². The highest BCUT2D eigenvalue weighted by Gasteiger charge is 2.34. The third-order valence-electron chi connectivity index (χ3n) is 4.39. The molecule has 1 spiro atoms. The number of benzene rings is 1. The number of ether oxygens (including phenoxy) is 1. The number of methoxy groups -OCH3 is 1. The van der Waals surface area contributed by atoms with Gasteiger partial charge in [0.05, 0.1) is 11.6 Å². The Kier molecular flexibility index (Phi) is 4.79. The molecule has 0 amide bonds. The molecular weight excluding hydrogens is 348 g/mol. The Balaban J connectivity index is 1.66. The summed E-state index contributed by atoms with van der Waals surface area (Å²) in [6, 6.07) is 6.04. The summed E-state index contributed by atoms with van der Waals surface area (Å²) in [5.74, 6) is 2.04. The van der Waals surface area contributed by atoms with Gasteiger partial charge in [-0.3, -0.25) is 4.99 Å². The number of thioether (sulfide) groups is 1. The minimum atomic E-state index is 0.478. The van der Waals surface area contributed by atoms with Gasteiger partial charge in [-0.15, -0.1) is 0 Å². The van der Waals surface area contributed by atoms with E-state index in [1.54, 1.807) is 7.11 Å². The van der Waals surface area contributed by atoms with Crippen molar-refractivity contribution in [3.8, 4) is 5.75 Å². The van der Waals surface area contributed by atoms with Crippen LogP contribution in [0.5, 0.6) is 5.75 Å². The fourth-order valence-corrected chi connectivity index (χ4v) is 4.67. The van der Waals surface area contributed by atoms with E-state index < -0.39 is 0 Å². The van der Waals surface area contributed by atoms with Crippen molar-refractivity contribution in [2.45, 2.75) is 32.1 Å². The van der Waals surface area contributed by atoms with E-state index in [9.17, 15) is 0 Å². The van der Waals surface area contributed by atoms with Gasteiger partial charge in [-0.1, -0.05) is 31.0 Å². The van der Waals surface area contributed by atoms with E-state index in [1.807, 2.05) is 30.0 Å². The number of amidine groups is 1. The molecule has 21 heavy (non-hydrogen) atoms. The largest absolute Gasteiger partial charge is 0.495 e. The quantitative estimate of drug-likeness (QED) is 0.803. The van der Waals surface area contributed by atoms with Crippen LogP contribution < -0.4 is 10.1 Å². The molecule has 0 aromatic heterocycles. The maximum atomic E-state index is 5.33. The van der Waals surface area contributed by atoms with Gasteiger partial charge >= 0.3 is 0 Å². The van der Waals surface area contributed by atoms with E-state index in [0.29, 0.717) is 5.41 Å². The van der Waals surface area contributed by atoms with E-state index in [2.05, 4.69) is 21.2 Å². The molecule has 0 atom stereocenters. The summed E-state index contributed by atoms with van der Waals surface area (Å²) in [5, 5.41) is 4.45. The molecule has 0 radical (unpaired) electrons. The molecule has 0 unspecified atom stereocenters. The molecule has 114 valence electrons. The molecule has 3 nitrogen and oxygen atoms in total. The zero-order valence-electron chi connectivity index (χ0n) is 12.3. The normalized spacial score (nSPS) is 21.0. The fourth-order valence-electron chi connectivity index (χ4n) is 3.09. The number of nitrogens with zero attached hydrogens (tertiary/aromatic N) is 1. The lowest BCUT2D eigenvalue weighted by Gasteiger charge is -2.38. The fraction of sp³-hybridized carbons (Fsp3) is 0.562. The van der Waals surface area contributed by atoms with E-state index >= 15 is 0 Å². The lowest BCUT2D eigenvalue weighted by Crippen LogP contribution is -2.35. The van der Waals surface area contributed by atoms with Gasteiger partial charge in [-0.05, 0) is 46.3 Å². The summed E-state index contributed by atoms with van der Waals surface area (Å²) >= 11 is 5.34. The van der Waals surface area contributed by atoms with Gasteiger partial charge in [0.1, 0.15) is 5.75 Å². The zero-order valence-corrected chi connectivity index (χ0v) is 14.7. The molecule has 1 fully saturated rings. The van der Waals surface area contributed by atoms with Gasteiger partial charge in [0, 0.05) is 24.1 Å². The first kappa shape index (κ1) is 15.2. The van der Waals surface area contributed by atoms with Gasteiger partial charge in [0.2, 0.25) is 0 Å². The first-order valence-corrected chi connectivity index (χ1v) is 9.26. The van der Waals surface area contributed by atoms with Crippen LogP contribution in [0.2, 0.25) is 0 Å². The Morgan fingerprint density at radius 1 is 1.29 bits per heavy atom. The predicted molar refractivity (Wildman–Crippen MR) is 94.6 cm³/mol. The van der Waals surface area contributed by atoms with Crippen LogP contribution in [0.4, 0.5) is 5.69 Å². The van der Waals surface area contributed by atoms with Gasteiger partial charge in [0.25, 0.3) is 0 Å². The highest BCUT2D eigenvalue weighted by molar-refractivity contribution is 9.10. The molecule has 1 aromatic rings. The van der Waals surface area contributed by atoms with Gasteiger partial charge in [0.15, 0.2) is 5.17 Å². The van der Waals surface area contributed by atoms with Crippen molar-refractivity contribution in [1.29, 1.82) is 0 Å². The smallest absolute Gasteiger partial charge is 0.161 e. The highest BCUT2D eigenvalue weighted by atomic mass is 79.9. The second kappa shape index (κ2) is 6.61. The van der Waals surface area contributed by atoms with Crippen molar-refractivity contribution < 1.29 is 4.74 Å². The van der Waals surface area contributed by atoms with Gasteiger partial charge in [-0.25, -0.2) is 0 Å². The van der Waals surface area contributed by atoms with Crippen molar-refractivity contribution in [3.63, 3.8) is 0 Å². The summed E-state index contributed by atoms with van der Waals surface area (Å²) in [6.45, 7) is 0.982. The maximum Gasteiger partial charge on any atom is 0.161 e. The second-order valence-corrected chi connectivity index (χ2v) is 7.76. The number of hydrogen-bond acceptors (Lipinski definition) is 4. The van der Waals surface area contributed by atoms with Crippen LogP contribution in [0.1, 0.15) is 32.1 Å². The SMILES string of the molecule is COc1cc(NC2=NCC3(CCCCC3)CS2)ccc1Br. The number of anilines is 1. The lowest BCUT2D eigenvalue weighted by atomic mass is 9.75. The number of hydrogen-bond donors (Lipinski definition) is 1. The third-order valence-corrected chi connectivity index (χ3v) is 6.31. The summed E-state index contributed by atoms with van der Waals surface area (Å²) in [4.78, 5) is 4.80. The molecule has 1 N–H and O–H groups in total. The molecule has 0 bridgehead atoms. The van der Waals surface area contributed by atoms with E-state index in [0.717, 1.165) is 27.6 Å². The number of aliphatic imine (C=N–C) groups is 1. The average molecular weight is 369 g/mol. The Labute approximate surface area is 139 Å². The van der Waals surface area contributed by atoms with Gasteiger partial charge in [-0.2, -0.15) is 0 Å². The summed E-state index contributed by atoms with van der Waals surface area (Å²) < 4.78 is 6.30. The van der Waals surface area contributed by atoms with Crippen LogP contribution in [0.3, 0.4) is 0 Å². The van der Waals surface area contributed by atoms with E-state index in [1.165, 1.54) is 37.9 Å². The molecule has 2 aliphatic rings. The lowest BCUT2D eigenvalue weighted by molar-refractivity contribution is 0.232. The van der Waals surface area contributed by atoms with Crippen molar-refractivity contribution in [1.82, 2.24) is 0 Å². The third kappa shape index (κ3) is 3.57. The molecular formula is C16H21BrN2OS. The maximum absolute atomic E-state index is 5.33. The molecule has 1 aliphatic carbocycles. The van der Waals surface area contributed by atoms with Crippen LogP contribution >= 0.6 is 27.7 Å². The molecule has 3 rings (SSSR count). The predicted octanol–water partition coefficient (Wildman–Crippen LogP) is 4.92. The van der Waals surface area contributed by atoms with E-state index in [4.69, 9.17) is 9.73 Å². The van der Waals surface area contributed by atoms with Crippen LogP contribution in [0.15, 0.2) is 27.7 Å². The number of halogens is 1. The molecule has 1 aliphatic heterocycles. The Morgan fingerprint density at radius 2 is 2.10 bits per heavy atom. The van der Waals surface area contributed by atoms with Crippen LogP contribution in [0, 0.1) is 5.41 Å². The number of nitrogens with one attached hydrogen (secondary N) is 1. The van der Waals surface area contributed by atoms with Crippen molar-refractivity contribution in [3.05, 3.63) is 22.7 Å². The Bertz CT molecular complexity index is 541. The molecule has 5 heteroatoms. The first-order valence-electron chi connectivity index (χ1n) is 7.49. The summed E-state index contributed by atoms with van der Waals surface area (Å²) in [6.07, 6.45) is 6.86. The molecule has 1 aromatic carbocycles. The monoisotopic (exact) mass is 368 g/mol. The standard InChI is InChI=1S/C16H21BrN2OS/c1-20-14-9-12(5-6-13(14)17)19-15-18-10-16(11-21-15)7-3-2-4-8-16/h5-6,9H,2-4,7-8,10-11H2,1H3,(H,18,19). The van der Waals surface area contributed by atoms with Gasteiger partial charge < -0.3 is 10.1 Å². The van der Waals surface area contributed by atoms with E-state index in [-0.39, 0.29) is 0 Å². The zero-order chi connectivity index (χ0) is 14.7. The van der Waals surface area contributed by atoms with Crippen molar-refractivity contribution in [2.24, 2.45) is 10.4 Å².